The predicted octanol–water partition coefficient (Wildman–Crippen LogP) is -3.40. The molecule has 0 bridgehead atoms. The highest BCUT2D eigenvalue weighted by atomic mass is 16.3. The van der Waals surface area contributed by atoms with E-state index in [0.717, 1.165) is 16.3 Å². The largest absolute Gasteiger partial charge is 0.391 e. The van der Waals surface area contributed by atoms with E-state index in [9.17, 15) is 53.1 Å². The van der Waals surface area contributed by atoms with Crippen molar-refractivity contribution in [2.24, 2.45) is 28.9 Å². The van der Waals surface area contributed by atoms with Crippen molar-refractivity contribution in [3.63, 3.8) is 0 Å². The predicted molar refractivity (Wildman–Crippen MR) is 296 cm³/mol. The molecule has 25 nitrogen and oxygen atoms in total. The van der Waals surface area contributed by atoms with Gasteiger partial charge in [-0.2, -0.15) is 0 Å². The van der Waals surface area contributed by atoms with Gasteiger partial charge in [-0.15, -0.1) is 0 Å². The summed E-state index contributed by atoms with van der Waals surface area (Å²) in [5.74, 6) is -7.49. The number of aliphatic hydroxyl groups is 1. The number of nitrogens with one attached hydrogen (secondary N) is 10. The molecule has 0 heterocycles. The molecule has 0 aromatic heterocycles. The highest BCUT2D eigenvalue weighted by Gasteiger charge is 2.34. The van der Waals surface area contributed by atoms with Crippen molar-refractivity contribution >= 4 is 69.8 Å². The molecule has 0 saturated heterocycles. The van der Waals surface area contributed by atoms with Gasteiger partial charge in [-0.3, -0.25) is 47.9 Å². The molecule has 19 N–H and O–H groups in total. The number of amides is 10. The Morgan fingerprint density at radius 2 is 0.911 bits per heavy atom. The molecule has 2 unspecified atom stereocenters. The Hall–Kier alpha value is -7.58. The Labute approximate surface area is 460 Å². The molecule has 0 fully saturated rings. The number of rotatable bonds is 35. The van der Waals surface area contributed by atoms with Gasteiger partial charge < -0.3 is 81.2 Å². The zero-order valence-corrected chi connectivity index (χ0v) is 45.6. The van der Waals surface area contributed by atoms with Crippen LogP contribution in [0.1, 0.15) is 77.3 Å². The first kappa shape index (κ1) is 65.7. The Bertz CT molecular complexity index is 2500. The minimum atomic E-state index is -1.35. The SMILES string of the molecule is CCNC(=O)C(NC(=O)[C@H](CCN)NC(=O)[C@H](CCN)NC(=O)[C@H](CC(C)C)NC(=O)[C@@H](Cc1ccccc1)NC(=O)[C@H](CCN)NC(=O)CNC(=O)[C@H](CCN)NC(=O)CNC(=O)CCc1ccc2ccccc2c1)C(C)O. The van der Waals surface area contributed by atoms with Gasteiger partial charge in [0.2, 0.25) is 59.1 Å². The zero-order valence-electron chi connectivity index (χ0n) is 45.6. The molecule has 0 aliphatic carbocycles. The Kier molecular flexibility index (Phi) is 29.1. The summed E-state index contributed by atoms with van der Waals surface area (Å²) in [6, 6.07) is 13.3. The van der Waals surface area contributed by atoms with Crippen LogP contribution in [0.4, 0.5) is 0 Å². The number of benzene rings is 3. The van der Waals surface area contributed by atoms with Crippen LogP contribution in [0.15, 0.2) is 72.8 Å². The molecule has 3 rings (SSSR count). The number of nitrogens with two attached hydrogens (primary N) is 4. The van der Waals surface area contributed by atoms with Crippen molar-refractivity contribution < 1.29 is 53.1 Å². The summed E-state index contributed by atoms with van der Waals surface area (Å²) >= 11 is 0. The fourth-order valence-electron chi connectivity index (χ4n) is 8.24. The number of carbonyl (C=O) groups excluding carboxylic acids is 10. The standard InChI is InChI=1S/C54H82N14O11/c1-5-59-54(79)47(33(4)69)68-51(76)41(22-26-58)64-50(75)40(21-25-57)65-52(77)42(27-32(2)3)66-53(78)43(29-34-11-7-6-8-12-34)67-49(74)39(20-24-56)63-46(72)31-61-48(73)38(19-23-55)62-45(71)30-60-44(70)18-16-35-15-17-36-13-9-10-14-37(36)28-35/h6-15,17,28,32-33,38-43,47,69H,5,16,18-27,29-31,55-58H2,1-4H3,(H,59,79)(H,60,70)(H,61,73)(H,62,71)(H,63,72)(H,64,75)(H,65,77)(H,66,78)(H,67,74)(H,68,76)/t33?,38-,39-,40-,41-,42-,43+,47?/m0/s1. The lowest BCUT2D eigenvalue weighted by atomic mass is 10.00. The molecule has 0 saturated carbocycles. The lowest BCUT2D eigenvalue weighted by Crippen LogP contribution is -2.61. The molecular formula is C54H82N14O11. The molecule has 0 spiro atoms. The lowest BCUT2D eigenvalue weighted by molar-refractivity contribution is -0.136. The first-order valence-corrected chi connectivity index (χ1v) is 26.7. The van der Waals surface area contributed by atoms with E-state index in [0.29, 0.717) is 12.0 Å². The normalized spacial score (nSPS) is 14.1. The summed E-state index contributed by atoms with van der Waals surface area (Å²) in [5.41, 5.74) is 24.8. The Morgan fingerprint density at radius 3 is 1.44 bits per heavy atom. The minimum absolute atomic E-state index is 0.00765. The van der Waals surface area contributed by atoms with Gasteiger partial charge in [0.15, 0.2) is 0 Å². The smallest absolute Gasteiger partial charge is 0.245 e. The second kappa shape index (κ2) is 35.0. The van der Waals surface area contributed by atoms with Crippen molar-refractivity contribution in [1.82, 2.24) is 53.2 Å². The van der Waals surface area contributed by atoms with E-state index in [1.807, 2.05) is 42.5 Å². The number of carbonyl (C=O) groups is 10. The van der Waals surface area contributed by atoms with Gasteiger partial charge in [0, 0.05) is 19.4 Å². The average Bonchev–Trinajstić information content (AvgIpc) is 3.42. The number of aliphatic hydroxyl groups excluding tert-OH is 1. The number of likely N-dealkylation sites (N-methyl/N-ethyl adjacent to an activating group) is 1. The average molecular weight is 1100 g/mol. The molecule has 3 aromatic carbocycles. The maximum absolute atomic E-state index is 14.3. The lowest BCUT2D eigenvalue weighted by Gasteiger charge is -2.28. The van der Waals surface area contributed by atoms with Gasteiger partial charge in [0.25, 0.3) is 0 Å². The van der Waals surface area contributed by atoms with E-state index in [1.54, 1.807) is 51.1 Å². The van der Waals surface area contributed by atoms with E-state index in [-0.39, 0.29) is 89.5 Å². The molecule has 434 valence electrons. The third-order valence-electron chi connectivity index (χ3n) is 12.4. The third kappa shape index (κ3) is 23.5. The highest BCUT2D eigenvalue weighted by molar-refractivity contribution is 5.98. The second-order valence-corrected chi connectivity index (χ2v) is 19.4. The molecule has 10 amide bonds. The maximum Gasteiger partial charge on any atom is 0.245 e. The van der Waals surface area contributed by atoms with E-state index in [2.05, 4.69) is 53.2 Å². The molecule has 8 atom stereocenters. The van der Waals surface area contributed by atoms with Gasteiger partial charge in [-0.05, 0) is 106 Å². The van der Waals surface area contributed by atoms with Crippen LogP contribution in [-0.2, 0) is 60.8 Å². The number of fused-ring (bicyclic) bond motifs is 1. The van der Waals surface area contributed by atoms with Gasteiger partial charge in [0.1, 0.15) is 42.3 Å². The molecule has 0 aliphatic heterocycles. The zero-order chi connectivity index (χ0) is 58.4. The van der Waals surface area contributed by atoms with Crippen LogP contribution in [0.25, 0.3) is 10.8 Å². The fraction of sp³-hybridized carbons (Fsp3) is 0.519. The van der Waals surface area contributed by atoms with Crippen LogP contribution in [0.5, 0.6) is 0 Å². The fourth-order valence-corrected chi connectivity index (χ4v) is 8.24. The van der Waals surface area contributed by atoms with E-state index in [1.165, 1.54) is 6.92 Å². The van der Waals surface area contributed by atoms with Gasteiger partial charge >= 0.3 is 0 Å². The van der Waals surface area contributed by atoms with Crippen molar-refractivity contribution in [2.45, 2.75) is 127 Å². The highest BCUT2D eigenvalue weighted by Crippen LogP contribution is 2.17. The summed E-state index contributed by atoms with van der Waals surface area (Å²) in [6.07, 6.45) is -1.02. The first-order valence-electron chi connectivity index (χ1n) is 26.7. The van der Waals surface area contributed by atoms with Crippen molar-refractivity contribution in [3.8, 4) is 0 Å². The maximum atomic E-state index is 14.3. The Morgan fingerprint density at radius 1 is 0.456 bits per heavy atom. The summed E-state index contributed by atoms with van der Waals surface area (Å²) < 4.78 is 0. The summed E-state index contributed by atoms with van der Waals surface area (Å²) in [6.45, 7) is 5.49. The van der Waals surface area contributed by atoms with Crippen molar-refractivity contribution in [2.75, 3.05) is 45.8 Å². The number of hydrogen-bond donors (Lipinski definition) is 15. The Balaban J connectivity index is 1.67. The monoisotopic (exact) mass is 1100 g/mol. The van der Waals surface area contributed by atoms with Crippen LogP contribution in [0.2, 0.25) is 0 Å². The van der Waals surface area contributed by atoms with Crippen molar-refractivity contribution in [1.29, 1.82) is 0 Å². The van der Waals surface area contributed by atoms with Gasteiger partial charge in [-0.25, -0.2) is 0 Å². The number of hydrogen-bond acceptors (Lipinski definition) is 15. The van der Waals surface area contributed by atoms with Gasteiger partial charge in [-0.1, -0.05) is 86.6 Å². The summed E-state index contributed by atoms with van der Waals surface area (Å²) in [7, 11) is 0. The van der Waals surface area contributed by atoms with E-state index in [4.69, 9.17) is 22.9 Å². The first-order chi connectivity index (χ1) is 37.7. The molecule has 3 aromatic rings. The molecule has 0 aliphatic rings. The van der Waals surface area contributed by atoms with Crippen LogP contribution in [0.3, 0.4) is 0 Å². The quantitative estimate of drug-likeness (QED) is 0.0273. The molecule has 0 radical (unpaired) electrons. The molecular weight excluding hydrogens is 1020 g/mol. The minimum Gasteiger partial charge on any atom is -0.391 e. The number of aryl methyl sites for hydroxylation is 1. The van der Waals surface area contributed by atoms with E-state index < -0.39 is 115 Å². The summed E-state index contributed by atoms with van der Waals surface area (Å²) in [4.78, 5) is 134. The van der Waals surface area contributed by atoms with Gasteiger partial charge in [0.05, 0.1) is 19.2 Å². The van der Waals surface area contributed by atoms with E-state index >= 15 is 0 Å². The molecule has 79 heavy (non-hydrogen) atoms. The van der Waals surface area contributed by atoms with Crippen LogP contribution in [-0.4, -0.2) is 158 Å². The molecule has 25 heteroatoms. The van der Waals surface area contributed by atoms with Crippen molar-refractivity contribution in [3.05, 3.63) is 83.9 Å². The summed E-state index contributed by atoms with van der Waals surface area (Å²) in [5, 5.41) is 37.9. The topological polar surface area (TPSA) is 415 Å². The third-order valence-corrected chi connectivity index (χ3v) is 12.4. The van der Waals surface area contributed by atoms with Crippen LogP contribution in [0, 0.1) is 5.92 Å². The second-order valence-electron chi connectivity index (χ2n) is 19.4. The van der Waals surface area contributed by atoms with Crippen LogP contribution < -0.4 is 76.1 Å². The van der Waals surface area contributed by atoms with Crippen LogP contribution >= 0.6 is 0 Å².